The van der Waals surface area contributed by atoms with Crippen molar-refractivity contribution in [1.82, 2.24) is 14.7 Å². The lowest BCUT2D eigenvalue weighted by Crippen LogP contribution is -2.55. The Balaban J connectivity index is 1.58. The van der Waals surface area contributed by atoms with E-state index in [1.165, 1.54) is 5.56 Å². The fourth-order valence-electron chi connectivity index (χ4n) is 5.81. The van der Waals surface area contributed by atoms with Gasteiger partial charge in [0.1, 0.15) is 5.75 Å². The van der Waals surface area contributed by atoms with Crippen LogP contribution < -0.4 is 10.5 Å². The van der Waals surface area contributed by atoms with E-state index in [4.69, 9.17) is 10.5 Å². The largest absolute Gasteiger partial charge is 0.497 e. The summed E-state index contributed by atoms with van der Waals surface area (Å²) >= 11 is 0. The van der Waals surface area contributed by atoms with Gasteiger partial charge in [-0.2, -0.15) is 0 Å². The van der Waals surface area contributed by atoms with E-state index in [1.54, 1.807) is 7.11 Å². The fraction of sp³-hybridized carbons (Fsp3) is 0.481. The second-order valence-electron chi connectivity index (χ2n) is 9.87. The van der Waals surface area contributed by atoms with Gasteiger partial charge in [0, 0.05) is 31.6 Å². The zero-order valence-corrected chi connectivity index (χ0v) is 20.5. The number of methoxy groups -OCH3 is 1. The van der Waals surface area contributed by atoms with Gasteiger partial charge >= 0.3 is 6.03 Å². The number of carbonyl (C=O) groups excluding carboxylic acids is 2. The minimum absolute atomic E-state index is 0.00543. The summed E-state index contributed by atoms with van der Waals surface area (Å²) in [6.45, 7) is 1.57. The monoisotopic (exact) mass is 464 g/mol. The highest BCUT2D eigenvalue weighted by molar-refractivity contribution is 5.80. The van der Waals surface area contributed by atoms with E-state index in [1.807, 2.05) is 34.1 Å². The van der Waals surface area contributed by atoms with Gasteiger partial charge in [-0.25, -0.2) is 4.79 Å². The first kappa shape index (κ1) is 24.1. The molecule has 1 aliphatic carbocycles. The maximum Gasteiger partial charge on any atom is 0.320 e. The predicted molar refractivity (Wildman–Crippen MR) is 132 cm³/mol. The standard InChI is InChI=1S/C27H36N4O3/c1-29(2)27(22-7-5-4-6-8-22)16-14-26(15-17-27)20-30(25(33)31(26)18-13-24(28)32)19-21-9-11-23(34-3)12-10-21/h4-12H,13-20H2,1-3H3,(H2,28,32)/t26-,27+. The van der Waals surface area contributed by atoms with E-state index in [-0.39, 0.29) is 29.4 Å². The average Bonchev–Trinajstić information content (AvgIpc) is 3.09. The zero-order chi connectivity index (χ0) is 24.3. The number of hydrogen-bond acceptors (Lipinski definition) is 4. The van der Waals surface area contributed by atoms with Gasteiger partial charge in [0.15, 0.2) is 0 Å². The number of carbonyl (C=O) groups is 2. The lowest BCUT2D eigenvalue weighted by molar-refractivity contribution is -0.118. The number of amides is 3. The highest BCUT2D eigenvalue weighted by Crippen LogP contribution is 2.49. The van der Waals surface area contributed by atoms with Crippen LogP contribution in [0.25, 0.3) is 0 Å². The second-order valence-corrected chi connectivity index (χ2v) is 9.87. The molecule has 2 aliphatic rings. The molecule has 2 aromatic carbocycles. The highest BCUT2D eigenvalue weighted by Gasteiger charge is 2.54. The van der Waals surface area contributed by atoms with Crippen LogP contribution >= 0.6 is 0 Å². The topological polar surface area (TPSA) is 79.1 Å². The van der Waals surface area contributed by atoms with E-state index in [0.29, 0.717) is 19.6 Å². The molecule has 2 fully saturated rings. The first-order chi connectivity index (χ1) is 16.3. The van der Waals surface area contributed by atoms with E-state index < -0.39 is 0 Å². The molecule has 2 N–H and O–H groups in total. The minimum atomic E-state index is -0.376. The van der Waals surface area contributed by atoms with Crippen LogP contribution in [0.1, 0.15) is 43.2 Å². The summed E-state index contributed by atoms with van der Waals surface area (Å²) in [5.74, 6) is 0.420. The van der Waals surface area contributed by atoms with Crippen molar-refractivity contribution >= 4 is 11.9 Å². The lowest BCUT2D eigenvalue weighted by atomic mass is 9.68. The van der Waals surface area contributed by atoms with E-state index >= 15 is 0 Å². The van der Waals surface area contributed by atoms with Crippen LogP contribution in [-0.4, -0.2) is 66.5 Å². The summed E-state index contributed by atoms with van der Waals surface area (Å²) in [6, 6.07) is 18.5. The third-order valence-electron chi connectivity index (χ3n) is 7.85. The fourth-order valence-corrected chi connectivity index (χ4v) is 5.81. The summed E-state index contributed by atoms with van der Waals surface area (Å²) in [7, 11) is 5.93. The number of nitrogens with two attached hydrogens (primary N) is 1. The molecule has 1 heterocycles. The Morgan fingerprint density at radius 2 is 1.68 bits per heavy atom. The Morgan fingerprint density at radius 1 is 1.03 bits per heavy atom. The Morgan fingerprint density at radius 3 is 2.24 bits per heavy atom. The van der Waals surface area contributed by atoms with Gasteiger partial charge in [-0.1, -0.05) is 42.5 Å². The summed E-state index contributed by atoms with van der Waals surface area (Å²) in [4.78, 5) is 31.3. The number of hydrogen-bond donors (Lipinski definition) is 1. The Kier molecular flexibility index (Phi) is 6.84. The molecule has 182 valence electrons. The van der Waals surface area contributed by atoms with E-state index in [9.17, 15) is 9.59 Å². The molecule has 0 atom stereocenters. The Labute approximate surface area is 202 Å². The van der Waals surface area contributed by atoms with E-state index in [0.717, 1.165) is 37.0 Å². The van der Waals surface area contributed by atoms with Gasteiger partial charge < -0.3 is 20.3 Å². The molecule has 7 nitrogen and oxygen atoms in total. The summed E-state index contributed by atoms with van der Waals surface area (Å²) in [5, 5.41) is 0. The molecule has 4 rings (SSSR count). The number of rotatable bonds is 8. The SMILES string of the molecule is COc1ccc(CN2C[C@]3(CC[C@](c4ccccc4)(N(C)C)CC3)N(CCC(N)=O)C2=O)cc1. The molecule has 2 aromatic rings. The third-order valence-corrected chi connectivity index (χ3v) is 7.85. The Hall–Kier alpha value is -3.06. The van der Waals surface area contributed by atoms with Gasteiger partial charge in [0.2, 0.25) is 5.91 Å². The van der Waals surface area contributed by atoms with Crippen molar-refractivity contribution in [2.75, 3.05) is 34.3 Å². The molecule has 1 saturated carbocycles. The van der Waals surface area contributed by atoms with Gasteiger partial charge in [-0.3, -0.25) is 9.69 Å². The van der Waals surface area contributed by atoms with Crippen molar-refractivity contribution in [1.29, 1.82) is 0 Å². The molecule has 0 radical (unpaired) electrons. The number of primary amides is 1. The van der Waals surface area contributed by atoms with Gasteiger partial charge in [-0.15, -0.1) is 0 Å². The maximum absolute atomic E-state index is 13.5. The molecular weight excluding hydrogens is 428 g/mol. The van der Waals surface area contributed by atoms with Crippen molar-refractivity contribution in [3.05, 3.63) is 65.7 Å². The predicted octanol–water partition coefficient (Wildman–Crippen LogP) is 3.58. The number of benzene rings is 2. The molecule has 3 amide bonds. The van der Waals surface area contributed by atoms with Crippen molar-refractivity contribution < 1.29 is 14.3 Å². The molecule has 34 heavy (non-hydrogen) atoms. The van der Waals surface area contributed by atoms with Gasteiger partial charge in [-0.05, 0) is 63.0 Å². The highest BCUT2D eigenvalue weighted by atomic mass is 16.5. The molecule has 0 bridgehead atoms. The van der Waals surface area contributed by atoms with Crippen LogP contribution in [0.15, 0.2) is 54.6 Å². The quantitative estimate of drug-likeness (QED) is 0.648. The normalized spacial score (nSPS) is 24.8. The van der Waals surface area contributed by atoms with Crippen molar-refractivity contribution in [3.8, 4) is 5.75 Å². The smallest absolute Gasteiger partial charge is 0.320 e. The van der Waals surface area contributed by atoms with Gasteiger partial charge in [0.05, 0.1) is 12.6 Å². The van der Waals surface area contributed by atoms with Crippen LogP contribution in [0.4, 0.5) is 4.79 Å². The van der Waals surface area contributed by atoms with Crippen molar-refractivity contribution in [2.45, 2.75) is 49.7 Å². The minimum Gasteiger partial charge on any atom is -0.497 e. The first-order valence-corrected chi connectivity index (χ1v) is 12.0. The number of nitrogens with zero attached hydrogens (tertiary/aromatic N) is 3. The summed E-state index contributed by atoms with van der Waals surface area (Å²) in [6.07, 6.45) is 3.83. The molecule has 1 saturated heterocycles. The van der Waals surface area contributed by atoms with Crippen LogP contribution in [0.5, 0.6) is 5.75 Å². The van der Waals surface area contributed by atoms with Crippen LogP contribution in [0.2, 0.25) is 0 Å². The third kappa shape index (κ3) is 4.49. The van der Waals surface area contributed by atoms with Crippen LogP contribution in [0.3, 0.4) is 0 Å². The van der Waals surface area contributed by atoms with E-state index in [2.05, 4.69) is 49.3 Å². The maximum atomic E-state index is 13.5. The van der Waals surface area contributed by atoms with Gasteiger partial charge in [0.25, 0.3) is 0 Å². The molecule has 0 aromatic heterocycles. The molecule has 0 unspecified atom stereocenters. The number of urea groups is 1. The molecule has 1 spiro atoms. The Bertz CT molecular complexity index is 998. The summed E-state index contributed by atoms with van der Waals surface area (Å²) < 4.78 is 5.26. The van der Waals surface area contributed by atoms with Crippen molar-refractivity contribution in [2.24, 2.45) is 5.73 Å². The zero-order valence-electron chi connectivity index (χ0n) is 20.5. The van der Waals surface area contributed by atoms with Crippen LogP contribution in [-0.2, 0) is 16.9 Å². The van der Waals surface area contributed by atoms with Crippen LogP contribution in [0, 0.1) is 0 Å². The average molecular weight is 465 g/mol. The summed E-state index contributed by atoms with van der Waals surface area (Å²) in [5.41, 5.74) is 7.50. The lowest BCUT2D eigenvalue weighted by Gasteiger charge is -2.51. The second kappa shape index (κ2) is 9.66. The molecular formula is C27H36N4O3. The number of ether oxygens (including phenoxy) is 1. The molecule has 7 heteroatoms. The first-order valence-electron chi connectivity index (χ1n) is 12.0. The van der Waals surface area contributed by atoms with Crippen molar-refractivity contribution in [3.63, 3.8) is 0 Å². The molecule has 1 aliphatic heterocycles.